The number of fused-ring (bicyclic) bond motifs is 1. The van der Waals surface area contributed by atoms with E-state index >= 15 is 0 Å². The zero-order valence-electron chi connectivity index (χ0n) is 12.0. The van der Waals surface area contributed by atoms with E-state index in [4.69, 9.17) is 0 Å². The van der Waals surface area contributed by atoms with Crippen LogP contribution < -0.4 is 5.43 Å². The minimum absolute atomic E-state index is 0.177. The van der Waals surface area contributed by atoms with Crippen LogP contribution in [0.5, 0.6) is 0 Å². The van der Waals surface area contributed by atoms with Crippen LogP contribution in [0.4, 0.5) is 0 Å². The first kappa shape index (κ1) is 15.8. The number of rotatable bonds is 5. The van der Waals surface area contributed by atoms with Crippen molar-refractivity contribution in [1.82, 2.24) is 15.4 Å². The number of halogens is 1. The van der Waals surface area contributed by atoms with Crippen molar-refractivity contribution in [2.45, 2.75) is 5.16 Å². The first-order valence-electron chi connectivity index (χ1n) is 6.86. The quantitative estimate of drug-likeness (QED) is 0.398. The molecule has 0 saturated heterocycles. The molecule has 1 heterocycles. The molecule has 0 unspecified atom stereocenters. The Morgan fingerprint density at radius 3 is 2.83 bits per heavy atom. The summed E-state index contributed by atoms with van der Waals surface area (Å²) in [5.41, 5.74) is 5.28. The Morgan fingerprint density at radius 1 is 1.26 bits per heavy atom. The summed E-state index contributed by atoms with van der Waals surface area (Å²) in [6.45, 7) is 0. The van der Waals surface area contributed by atoms with E-state index in [1.165, 1.54) is 11.8 Å². The standard InChI is InChI=1S/C16H13BrN4OS/c17-12-7-5-11(6-8-12)9-18-21-15(22)10-23-16-19-13-3-1-2-4-14(13)20-16/h1-9H,10H2,(H,19,20)(H,21,22)/b18-9-. The molecule has 0 aliphatic rings. The van der Waals surface area contributed by atoms with Gasteiger partial charge in [0.25, 0.3) is 5.91 Å². The highest BCUT2D eigenvalue weighted by molar-refractivity contribution is 9.10. The summed E-state index contributed by atoms with van der Waals surface area (Å²) in [5, 5.41) is 4.66. The average molecular weight is 389 g/mol. The summed E-state index contributed by atoms with van der Waals surface area (Å²) < 4.78 is 1.00. The van der Waals surface area contributed by atoms with Crippen LogP contribution >= 0.6 is 27.7 Å². The molecule has 7 heteroatoms. The molecule has 0 aliphatic heterocycles. The number of imidazole rings is 1. The van der Waals surface area contributed by atoms with E-state index in [0.29, 0.717) is 0 Å². The number of thioether (sulfide) groups is 1. The van der Waals surface area contributed by atoms with Crippen molar-refractivity contribution in [3.05, 3.63) is 58.6 Å². The smallest absolute Gasteiger partial charge is 0.250 e. The fourth-order valence-electron chi connectivity index (χ4n) is 1.89. The van der Waals surface area contributed by atoms with Gasteiger partial charge in [0.2, 0.25) is 0 Å². The third-order valence-corrected chi connectivity index (χ3v) is 4.38. The second-order valence-electron chi connectivity index (χ2n) is 4.69. The number of aromatic nitrogens is 2. The third kappa shape index (κ3) is 4.43. The molecule has 2 aromatic carbocycles. The van der Waals surface area contributed by atoms with Crippen LogP contribution in [0.2, 0.25) is 0 Å². The summed E-state index contributed by atoms with van der Waals surface area (Å²) >= 11 is 4.71. The lowest BCUT2D eigenvalue weighted by Crippen LogP contribution is -2.19. The van der Waals surface area contributed by atoms with E-state index < -0.39 is 0 Å². The minimum Gasteiger partial charge on any atom is -0.333 e. The van der Waals surface area contributed by atoms with Crippen LogP contribution in [-0.2, 0) is 4.79 Å². The van der Waals surface area contributed by atoms with Crippen molar-refractivity contribution < 1.29 is 4.79 Å². The van der Waals surface area contributed by atoms with E-state index in [0.717, 1.165) is 26.2 Å². The van der Waals surface area contributed by atoms with Crippen molar-refractivity contribution in [2.75, 3.05) is 5.75 Å². The van der Waals surface area contributed by atoms with Crippen LogP contribution in [0.15, 0.2) is 63.3 Å². The molecule has 5 nitrogen and oxygen atoms in total. The number of hydrazone groups is 1. The highest BCUT2D eigenvalue weighted by Crippen LogP contribution is 2.18. The summed E-state index contributed by atoms with van der Waals surface area (Å²) in [6.07, 6.45) is 1.61. The van der Waals surface area contributed by atoms with Crippen LogP contribution in [0.3, 0.4) is 0 Å². The van der Waals surface area contributed by atoms with E-state index in [9.17, 15) is 4.79 Å². The molecule has 2 N–H and O–H groups in total. The van der Waals surface area contributed by atoms with Crippen molar-refractivity contribution in [3.8, 4) is 0 Å². The molecule has 3 rings (SSSR count). The average Bonchev–Trinajstić information content (AvgIpc) is 2.98. The van der Waals surface area contributed by atoms with Gasteiger partial charge in [-0.15, -0.1) is 0 Å². The first-order chi connectivity index (χ1) is 11.2. The van der Waals surface area contributed by atoms with Gasteiger partial charge in [-0.25, -0.2) is 10.4 Å². The van der Waals surface area contributed by atoms with Crippen LogP contribution in [-0.4, -0.2) is 27.8 Å². The van der Waals surface area contributed by atoms with Gasteiger partial charge < -0.3 is 4.98 Å². The van der Waals surface area contributed by atoms with Crippen LogP contribution in [0, 0.1) is 0 Å². The molecule has 0 radical (unpaired) electrons. The SMILES string of the molecule is O=C(CSc1nc2ccccc2[nH]1)N/N=C\c1ccc(Br)cc1. The zero-order chi connectivity index (χ0) is 16.1. The molecule has 3 aromatic rings. The fraction of sp³-hybridized carbons (Fsp3) is 0.0625. The van der Waals surface area contributed by atoms with Gasteiger partial charge in [-0.1, -0.05) is 52.0 Å². The molecular formula is C16H13BrN4OS. The lowest BCUT2D eigenvalue weighted by molar-refractivity contribution is -0.118. The Bertz CT molecular complexity index is 812. The topological polar surface area (TPSA) is 70.1 Å². The lowest BCUT2D eigenvalue weighted by Gasteiger charge is -1.98. The number of benzene rings is 2. The highest BCUT2D eigenvalue weighted by atomic mass is 79.9. The van der Waals surface area contributed by atoms with Gasteiger partial charge in [0.15, 0.2) is 5.16 Å². The Labute approximate surface area is 145 Å². The molecule has 1 aromatic heterocycles. The first-order valence-corrected chi connectivity index (χ1v) is 8.63. The summed E-state index contributed by atoms with van der Waals surface area (Å²) in [4.78, 5) is 19.4. The van der Waals surface area contributed by atoms with Crippen LogP contribution in [0.25, 0.3) is 11.0 Å². The number of aromatic amines is 1. The number of carbonyl (C=O) groups excluding carboxylic acids is 1. The monoisotopic (exact) mass is 388 g/mol. The zero-order valence-corrected chi connectivity index (χ0v) is 14.4. The highest BCUT2D eigenvalue weighted by Gasteiger charge is 2.06. The van der Waals surface area contributed by atoms with Crippen molar-refractivity contribution >= 4 is 50.8 Å². The van der Waals surface area contributed by atoms with Gasteiger partial charge in [0.05, 0.1) is 23.0 Å². The van der Waals surface area contributed by atoms with Gasteiger partial charge in [0.1, 0.15) is 0 Å². The molecular weight excluding hydrogens is 376 g/mol. The molecule has 0 aliphatic carbocycles. The maximum absolute atomic E-state index is 11.8. The number of hydrogen-bond acceptors (Lipinski definition) is 4. The van der Waals surface area contributed by atoms with E-state index in [2.05, 4.69) is 36.4 Å². The second-order valence-corrected chi connectivity index (χ2v) is 6.57. The maximum Gasteiger partial charge on any atom is 0.250 e. The number of nitrogens with zero attached hydrogens (tertiary/aromatic N) is 2. The minimum atomic E-state index is -0.177. The molecule has 0 atom stereocenters. The van der Waals surface area contributed by atoms with Crippen LogP contribution in [0.1, 0.15) is 5.56 Å². The summed E-state index contributed by atoms with van der Waals surface area (Å²) in [5.74, 6) is 0.0705. The van der Waals surface area contributed by atoms with E-state index in [-0.39, 0.29) is 11.7 Å². The molecule has 0 saturated carbocycles. The molecule has 116 valence electrons. The Balaban J connectivity index is 1.50. The fourth-order valence-corrected chi connectivity index (χ4v) is 2.83. The van der Waals surface area contributed by atoms with Gasteiger partial charge in [-0.05, 0) is 29.8 Å². The van der Waals surface area contributed by atoms with E-state index in [1.807, 2.05) is 48.5 Å². The van der Waals surface area contributed by atoms with Gasteiger partial charge in [0, 0.05) is 4.47 Å². The van der Waals surface area contributed by atoms with Crippen molar-refractivity contribution in [2.24, 2.45) is 5.10 Å². The molecule has 0 bridgehead atoms. The van der Waals surface area contributed by atoms with Crippen molar-refractivity contribution in [3.63, 3.8) is 0 Å². The third-order valence-electron chi connectivity index (χ3n) is 2.98. The van der Waals surface area contributed by atoms with Gasteiger partial charge in [-0.2, -0.15) is 5.10 Å². The second kappa shape index (κ2) is 7.43. The van der Waals surface area contributed by atoms with Gasteiger partial charge in [-0.3, -0.25) is 4.79 Å². The number of H-pyrrole nitrogens is 1. The predicted molar refractivity (Wildman–Crippen MR) is 96.7 cm³/mol. The number of para-hydroxylation sites is 2. The Morgan fingerprint density at radius 2 is 2.04 bits per heavy atom. The Hall–Kier alpha value is -2.12. The number of carbonyl (C=O) groups is 1. The van der Waals surface area contributed by atoms with Crippen molar-refractivity contribution in [1.29, 1.82) is 0 Å². The number of nitrogens with one attached hydrogen (secondary N) is 2. The Kier molecular flexibility index (Phi) is 5.09. The predicted octanol–water partition coefficient (Wildman–Crippen LogP) is 3.57. The number of amides is 1. The summed E-state index contributed by atoms with van der Waals surface area (Å²) in [6, 6.07) is 15.4. The summed E-state index contributed by atoms with van der Waals surface area (Å²) in [7, 11) is 0. The molecule has 0 fully saturated rings. The van der Waals surface area contributed by atoms with Gasteiger partial charge >= 0.3 is 0 Å². The molecule has 23 heavy (non-hydrogen) atoms. The maximum atomic E-state index is 11.8. The molecule has 0 spiro atoms. The number of hydrogen-bond donors (Lipinski definition) is 2. The lowest BCUT2D eigenvalue weighted by atomic mass is 10.2. The van der Waals surface area contributed by atoms with E-state index in [1.54, 1.807) is 6.21 Å². The normalized spacial score (nSPS) is 11.2. The largest absolute Gasteiger partial charge is 0.333 e. The molecule has 1 amide bonds.